The van der Waals surface area contributed by atoms with Crippen LogP contribution in [0.15, 0.2) is 28.1 Å². The third-order valence-electron chi connectivity index (χ3n) is 2.62. The summed E-state index contributed by atoms with van der Waals surface area (Å²) < 4.78 is 1.04. The van der Waals surface area contributed by atoms with Crippen LogP contribution in [-0.2, 0) is 4.79 Å². The summed E-state index contributed by atoms with van der Waals surface area (Å²) in [5.74, 6) is -0.278. The van der Waals surface area contributed by atoms with Gasteiger partial charge in [0.1, 0.15) is 12.2 Å². The molecule has 0 saturated heterocycles. The molecule has 0 bridgehead atoms. The molecule has 0 amide bonds. The first-order chi connectivity index (χ1) is 9.60. The molecule has 5 nitrogen and oxygen atoms in total. The molecule has 0 radical (unpaired) electrons. The van der Waals surface area contributed by atoms with Crippen molar-refractivity contribution in [3.63, 3.8) is 0 Å². The van der Waals surface area contributed by atoms with Crippen LogP contribution in [0.5, 0.6) is 0 Å². The van der Waals surface area contributed by atoms with Gasteiger partial charge in [-0.15, -0.1) is 21.5 Å². The molecule has 0 atom stereocenters. The lowest BCUT2D eigenvalue weighted by Crippen LogP contribution is -2.31. The number of carboxylic acids is 1. The van der Waals surface area contributed by atoms with Crippen molar-refractivity contribution in [2.75, 3.05) is 18.0 Å². The Morgan fingerprint density at radius 2 is 2.15 bits per heavy atom. The first-order valence-electron chi connectivity index (χ1n) is 6.16. The van der Waals surface area contributed by atoms with Crippen LogP contribution >= 0.6 is 27.3 Å². The number of carbonyl (C=O) groups is 1. The monoisotopic (exact) mass is 355 g/mol. The van der Waals surface area contributed by atoms with Gasteiger partial charge in [-0.1, -0.05) is 6.92 Å². The van der Waals surface area contributed by atoms with Gasteiger partial charge in [-0.05, 0) is 46.6 Å². The second kappa shape index (κ2) is 6.81. The molecule has 2 heterocycles. The van der Waals surface area contributed by atoms with Crippen molar-refractivity contribution >= 4 is 39.1 Å². The fourth-order valence-corrected chi connectivity index (χ4v) is 3.14. The lowest BCUT2D eigenvalue weighted by molar-refractivity contribution is -0.135. The molecule has 0 unspecified atom stereocenters. The van der Waals surface area contributed by atoms with Crippen molar-refractivity contribution in [1.29, 1.82) is 0 Å². The molecule has 2 aromatic heterocycles. The molecule has 0 saturated carbocycles. The van der Waals surface area contributed by atoms with E-state index in [-0.39, 0.29) is 6.54 Å². The number of carboxylic acid groups (broad SMARTS) is 1. The topological polar surface area (TPSA) is 66.3 Å². The van der Waals surface area contributed by atoms with Gasteiger partial charge >= 0.3 is 5.97 Å². The molecule has 2 rings (SSSR count). The van der Waals surface area contributed by atoms with Crippen LogP contribution in [0.1, 0.15) is 13.3 Å². The molecule has 0 fully saturated rings. The van der Waals surface area contributed by atoms with E-state index in [1.807, 2.05) is 31.2 Å². The number of aliphatic carboxylic acids is 1. The summed E-state index contributed by atoms with van der Waals surface area (Å²) >= 11 is 4.99. The van der Waals surface area contributed by atoms with E-state index < -0.39 is 5.97 Å². The normalized spacial score (nSPS) is 10.5. The maximum absolute atomic E-state index is 10.9. The molecule has 0 aliphatic rings. The highest BCUT2D eigenvalue weighted by atomic mass is 79.9. The van der Waals surface area contributed by atoms with Crippen LogP contribution in [0, 0.1) is 0 Å². The molecular formula is C13H14BrN3O2S. The zero-order chi connectivity index (χ0) is 14.5. The fourth-order valence-electron chi connectivity index (χ4n) is 1.79. The van der Waals surface area contributed by atoms with Crippen molar-refractivity contribution < 1.29 is 9.90 Å². The number of anilines is 1. The highest BCUT2D eigenvalue weighted by Gasteiger charge is 2.12. The summed E-state index contributed by atoms with van der Waals surface area (Å²) in [6, 6.07) is 7.61. The number of rotatable bonds is 6. The van der Waals surface area contributed by atoms with Crippen molar-refractivity contribution in [3.8, 4) is 10.6 Å². The predicted molar refractivity (Wildman–Crippen MR) is 83.2 cm³/mol. The summed E-state index contributed by atoms with van der Waals surface area (Å²) in [5.41, 5.74) is 0.788. The molecule has 0 aliphatic heterocycles. The van der Waals surface area contributed by atoms with E-state index in [1.165, 1.54) is 0 Å². The van der Waals surface area contributed by atoms with E-state index in [0.717, 1.165) is 20.8 Å². The Morgan fingerprint density at radius 3 is 2.65 bits per heavy atom. The number of hydrogen-bond donors (Lipinski definition) is 1. The first-order valence-corrected chi connectivity index (χ1v) is 7.77. The van der Waals surface area contributed by atoms with Gasteiger partial charge in [-0.3, -0.25) is 4.79 Å². The van der Waals surface area contributed by atoms with Gasteiger partial charge in [-0.2, -0.15) is 0 Å². The van der Waals surface area contributed by atoms with Crippen molar-refractivity contribution in [3.05, 3.63) is 28.1 Å². The summed E-state index contributed by atoms with van der Waals surface area (Å²) in [4.78, 5) is 13.6. The zero-order valence-electron chi connectivity index (χ0n) is 10.9. The Morgan fingerprint density at radius 1 is 1.35 bits per heavy atom. The minimum atomic E-state index is -0.869. The quantitative estimate of drug-likeness (QED) is 0.861. The third kappa shape index (κ3) is 3.77. The molecule has 106 valence electrons. The Balaban J connectivity index is 2.19. The summed E-state index contributed by atoms with van der Waals surface area (Å²) in [5, 5.41) is 17.2. The molecule has 0 spiro atoms. The highest BCUT2D eigenvalue weighted by Crippen LogP contribution is 2.30. The largest absolute Gasteiger partial charge is 0.480 e. The van der Waals surface area contributed by atoms with Gasteiger partial charge < -0.3 is 10.0 Å². The summed E-state index contributed by atoms with van der Waals surface area (Å²) in [6.07, 6.45) is 0.856. The second-order valence-electron chi connectivity index (χ2n) is 4.20. The lowest BCUT2D eigenvalue weighted by atomic mass is 10.3. The van der Waals surface area contributed by atoms with Crippen LogP contribution < -0.4 is 4.90 Å². The van der Waals surface area contributed by atoms with Crippen LogP contribution in [0.4, 0.5) is 5.82 Å². The Bertz CT molecular complexity index is 586. The number of halogens is 1. The van der Waals surface area contributed by atoms with Crippen LogP contribution in [0.25, 0.3) is 10.6 Å². The van der Waals surface area contributed by atoms with E-state index >= 15 is 0 Å². The van der Waals surface area contributed by atoms with E-state index in [2.05, 4.69) is 26.1 Å². The molecule has 0 aromatic carbocycles. The number of aromatic nitrogens is 2. The Kier molecular flexibility index (Phi) is 5.08. The molecule has 1 N–H and O–H groups in total. The standard InChI is InChI=1S/C13H14BrN3O2S/c1-2-7-17(8-13(18)19)12-6-3-9(15-16-12)10-4-5-11(14)20-10/h3-6H,2,7-8H2,1H3,(H,18,19). The SMILES string of the molecule is CCCN(CC(=O)O)c1ccc(-c2ccc(Br)s2)nn1. The van der Waals surface area contributed by atoms with Crippen molar-refractivity contribution in [2.45, 2.75) is 13.3 Å². The Hall–Kier alpha value is -1.47. The molecular weight excluding hydrogens is 342 g/mol. The molecule has 7 heteroatoms. The lowest BCUT2D eigenvalue weighted by Gasteiger charge is -2.20. The van der Waals surface area contributed by atoms with Gasteiger partial charge in [0.2, 0.25) is 0 Å². The summed E-state index contributed by atoms with van der Waals surface area (Å²) in [7, 11) is 0. The Labute approximate surface area is 129 Å². The number of thiophene rings is 1. The van der Waals surface area contributed by atoms with E-state index in [4.69, 9.17) is 5.11 Å². The minimum Gasteiger partial charge on any atom is -0.480 e. The van der Waals surface area contributed by atoms with Crippen LogP contribution in [0.2, 0.25) is 0 Å². The third-order valence-corrected chi connectivity index (χ3v) is 4.27. The predicted octanol–water partition coefficient (Wildman–Crippen LogP) is 3.27. The van der Waals surface area contributed by atoms with Crippen LogP contribution in [-0.4, -0.2) is 34.4 Å². The summed E-state index contributed by atoms with van der Waals surface area (Å²) in [6.45, 7) is 2.58. The van der Waals surface area contributed by atoms with E-state index in [1.54, 1.807) is 16.2 Å². The minimum absolute atomic E-state index is 0.0631. The van der Waals surface area contributed by atoms with Gasteiger partial charge in [0, 0.05) is 6.54 Å². The van der Waals surface area contributed by atoms with Gasteiger partial charge in [0.05, 0.1) is 8.66 Å². The average molecular weight is 356 g/mol. The number of nitrogens with zero attached hydrogens (tertiary/aromatic N) is 3. The van der Waals surface area contributed by atoms with Crippen molar-refractivity contribution in [2.24, 2.45) is 0 Å². The highest BCUT2D eigenvalue weighted by molar-refractivity contribution is 9.11. The van der Waals surface area contributed by atoms with Gasteiger partial charge in [0.15, 0.2) is 5.82 Å². The molecule has 0 aliphatic carbocycles. The smallest absolute Gasteiger partial charge is 0.323 e. The maximum atomic E-state index is 10.9. The maximum Gasteiger partial charge on any atom is 0.323 e. The second-order valence-corrected chi connectivity index (χ2v) is 6.66. The number of hydrogen-bond acceptors (Lipinski definition) is 5. The molecule has 2 aromatic rings. The first kappa shape index (κ1) is 14.9. The molecule has 20 heavy (non-hydrogen) atoms. The van der Waals surface area contributed by atoms with E-state index in [0.29, 0.717) is 12.4 Å². The zero-order valence-corrected chi connectivity index (χ0v) is 13.3. The van der Waals surface area contributed by atoms with E-state index in [9.17, 15) is 4.79 Å². The van der Waals surface area contributed by atoms with Gasteiger partial charge in [-0.25, -0.2) is 0 Å². The van der Waals surface area contributed by atoms with Gasteiger partial charge in [0.25, 0.3) is 0 Å². The average Bonchev–Trinajstić information content (AvgIpc) is 2.85. The van der Waals surface area contributed by atoms with Crippen molar-refractivity contribution in [1.82, 2.24) is 10.2 Å². The van der Waals surface area contributed by atoms with Crippen LogP contribution in [0.3, 0.4) is 0 Å². The fraction of sp³-hybridized carbons (Fsp3) is 0.308.